The third-order valence-corrected chi connectivity index (χ3v) is 6.66. The first-order valence-corrected chi connectivity index (χ1v) is 12.3. The molecule has 37 heavy (non-hydrogen) atoms. The van der Waals surface area contributed by atoms with Crippen LogP contribution in [0.5, 0.6) is 0 Å². The molecule has 0 radical (unpaired) electrons. The highest BCUT2D eigenvalue weighted by atomic mass is 15.4. The Hall–Kier alpha value is -5.16. The molecule has 0 saturated heterocycles. The average molecular weight is 478 g/mol. The summed E-state index contributed by atoms with van der Waals surface area (Å²) in [4.78, 5) is 4.65. The van der Waals surface area contributed by atoms with E-state index in [1.807, 2.05) is 41.2 Å². The van der Waals surface area contributed by atoms with Crippen molar-refractivity contribution in [2.45, 2.75) is 0 Å². The van der Waals surface area contributed by atoms with Gasteiger partial charge in [-0.1, -0.05) is 84.1 Å². The highest BCUT2D eigenvalue weighted by molar-refractivity contribution is 6.01. The molecule has 0 N–H and O–H groups in total. The number of aromatic nitrogens is 3. The van der Waals surface area contributed by atoms with Crippen LogP contribution in [0.3, 0.4) is 0 Å². The molecule has 1 aromatic heterocycles. The molecular formula is C32H23N5. The summed E-state index contributed by atoms with van der Waals surface area (Å²) >= 11 is 0. The fourth-order valence-electron chi connectivity index (χ4n) is 4.98. The zero-order chi connectivity index (χ0) is 24.6. The molecule has 5 nitrogen and oxygen atoms in total. The van der Waals surface area contributed by atoms with E-state index in [9.17, 15) is 0 Å². The van der Waals surface area contributed by atoms with Crippen LogP contribution < -0.4 is 9.80 Å². The fraction of sp³-hybridized carbons (Fsp3) is 0. The molecule has 1 aliphatic heterocycles. The van der Waals surface area contributed by atoms with Gasteiger partial charge in [0.2, 0.25) is 0 Å². The van der Waals surface area contributed by atoms with Gasteiger partial charge in [0.1, 0.15) is 5.69 Å². The van der Waals surface area contributed by atoms with Crippen molar-refractivity contribution in [1.82, 2.24) is 15.0 Å². The summed E-state index contributed by atoms with van der Waals surface area (Å²) in [5.41, 5.74) is 9.52. The van der Waals surface area contributed by atoms with Gasteiger partial charge in [-0.3, -0.25) is 0 Å². The average Bonchev–Trinajstić information content (AvgIpc) is 3.47. The van der Waals surface area contributed by atoms with Crippen LogP contribution in [0.15, 0.2) is 140 Å². The van der Waals surface area contributed by atoms with Crippen molar-refractivity contribution in [2.24, 2.45) is 0 Å². The summed E-state index contributed by atoms with van der Waals surface area (Å²) < 4.78 is 1.84. The first-order valence-electron chi connectivity index (χ1n) is 12.3. The number of anilines is 6. The van der Waals surface area contributed by atoms with E-state index in [2.05, 4.69) is 123 Å². The molecule has 0 fully saturated rings. The lowest BCUT2D eigenvalue weighted by Crippen LogP contribution is -2.23. The molecule has 0 aliphatic carbocycles. The van der Waals surface area contributed by atoms with Gasteiger partial charge < -0.3 is 9.80 Å². The molecule has 0 spiro atoms. The Morgan fingerprint density at radius 3 is 1.54 bits per heavy atom. The van der Waals surface area contributed by atoms with Crippen molar-refractivity contribution >= 4 is 34.1 Å². The van der Waals surface area contributed by atoms with Crippen LogP contribution in [0, 0.1) is 0 Å². The van der Waals surface area contributed by atoms with Crippen LogP contribution in [0.2, 0.25) is 0 Å². The fourth-order valence-corrected chi connectivity index (χ4v) is 4.98. The van der Waals surface area contributed by atoms with Crippen molar-refractivity contribution in [3.8, 4) is 16.9 Å². The molecule has 6 aromatic rings. The monoisotopic (exact) mass is 477 g/mol. The largest absolute Gasteiger partial charge is 0.306 e. The molecule has 0 bridgehead atoms. The first kappa shape index (κ1) is 21.1. The number of rotatable bonds is 4. The lowest BCUT2D eigenvalue weighted by atomic mass is 10.0. The van der Waals surface area contributed by atoms with E-state index in [1.54, 1.807) is 0 Å². The van der Waals surface area contributed by atoms with Gasteiger partial charge in [-0.2, -0.15) is 0 Å². The van der Waals surface area contributed by atoms with Crippen LogP contribution in [0.1, 0.15) is 0 Å². The second-order valence-electron chi connectivity index (χ2n) is 8.92. The summed E-state index contributed by atoms with van der Waals surface area (Å²) in [7, 11) is 0. The van der Waals surface area contributed by atoms with Crippen molar-refractivity contribution in [3.05, 3.63) is 140 Å². The third kappa shape index (κ3) is 3.65. The number of fused-ring (bicyclic) bond motifs is 2. The molecule has 176 valence electrons. The van der Waals surface area contributed by atoms with Gasteiger partial charge >= 0.3 is 0 Å². The Kier molecular flexibility index (Phi) is 5.03. The summed E-state index contributed by atoms with van der Waals surface area (Å²) in [5.74, 6) is 0. The van der Waals surface area contributed by atoms with E-state index in [1.165, 1.54) is 0 Å². The summed E-state index contributed by atoms with van der Waals surface area (Å²) in [6.45, 7) is 0. The number of para-hydroxylation sites is 5. The number of nitrogens with zero attached hydrogens (tertiary/aromatic N) is 5. The minimum Gasteiger partial charge on any atom is -0.306 e. The molecule has 0 unspecified atom stereocenters. The summed E-state index contributed by atoms with van der Waals surface area (Å²) in [5, 5.41) is 8.84. The summed E-state index contributed by atoms with van der Waals surface area (Å²) in [6, 6.07) is 46.2. The predicted molar refractivity (Wildman–Crippen MR) is 150 cm³/mol. The normalized spacial score (nSPS) is 12.2. The van der Waals surface area contributed by atoms with E-state index in [-0.39, 0.29) is 0 Å². The van der Waals surface area contributed by atoms with Gasteiger partial charge in [0.15, 0.2) is 0 Å². The van der Waals surface area contributed by atoms with E-state index in [0.29, 0.717) is 0 Å². The van der Waals surface area contributed by atoms with Gasteiger partial charge in [-0.15, -0.1) is 5.10 Å². The van der Waals surface area contributed by atoms with Gasteiger partial charge in [-0.05, 0) is 54.6 Å². The number of hydrogen-bond donors (Lipinski definition) is 0. The second-order valence-corrected chi connectivity index (χ2v) is 8.92. The molecule has 2 heterocycles. The van der Waals surface area contributed by atoms with Crippen LogP contribution in [-0.4, -0.2) is 15.0 Å². The SMILES string of the molecule is c1ccc(-c2cn(-c3cccc(N4c5ccccc5N(c5ccccc5)c5ccccc54)c3)nn2)cc1. The first-order chi connectivity index (χ1) is 18.4. The molecule has 7 rings (SSSR count). The quantitative estimate of drug-likeness (QED) is 0.256. The Bertz CT molecular complexity index is 1640. The number of benzene rings is 5. The van der Waals surface area contributed by atoms with E-state index < -0.39 is 0 Å². The molecule has 1 aliphatic rings. The molecule has 0 saturated carbocycles. The maximum absolute atomic E-state index is 4.43. The molecule has 0 amide bonds. The zero-order valence-electron chi connectivity index (χ0n) is 20.0. The number of hydrogen-bond acceptors (Lipinski definition) is 4. The minimum absolute atomic E-state index is 0.846. The van der Waals surface area contributed by atoms with Crippen LogP contribution >= 0.6 is 0 Å². The topological polar surface area (TPSA) is 37.2 Å². The molecule has 5 heteroatoms. The van der Waals surface area contributed by atoms with Crippen molar-refractivity contribution in [3.63, 3.8) is 0 Å². The zero-order valence-corrected chi connectivity index (χ0v) is 20.0. The van der Waals surface area contributed by atoms with Crippen LogP contribution in [0.4, 0.5) is 34.1 Å². The Morgan fingerprint density at radius 2 is 0.919 bits per heavy atom. The minimum atomic E-state index is 0.846. The standard InChI is InChI=1S/C32H23N5/c1-3-12-24(13-4-1)28-23-35(34-33-28)26-16-11-17-27(22-26)37-31-20-9-7-18-29(31)36(25-14-5-2-6-15-25)30-19-8-10-21-32(30)37/h1-23H. The highest BCUT2D eigenvalue weighted by Gasteiger charge is 2.30. The Balaban J connectivity index is 1.35. The highest BCUT2D eigenvalue weighted by Crippen LogP contribution is 2.53. The summed E-state index contributed by atoms with van der Waals surface area (Å²) in [6.07, 6.45) is 1.98. The van der Waals surface area contributed by atoms with Gasteiger partial charge in [0.25, 0.3) is 0 Å². The van der Waals surface area contributed by atoms with Gasteiger partial charge in [-0.25, -0.2) is 4.68 Å². The van der Waals surface area contributed by atoms with Crippen molar-refractivity contribution < 1.29 is 0 Å². The second kappa shape index (κ2) is 8.81. The smallest absolute Gasteiger partial charge is 0.113 e. The van der Waals surface area contributed by atoms with E-state index in [0.717, 1.165) is 51.1 Å². The predicted octanol–water partition coefficient (Wildman–Crippen LogP) is 8.19. The molecule has 0 atom stereocenters. The molecule has 5 aromatic carbocycles. The maximum atomic E-state index is 4.43. The van der Waals surface area contributed by atoms with Gasteiger partial charge in [0.05, 0.1) is 34.6 Å². The lowest BCUT2D eigenvalue weighted by molar-refractivity contribution is 0.804. The van der Waals surface area contributed by atoms with Crippen molar-refractivity contribution in [1.29, 1.82) is 0 Å². The maximum Gasteiger partial charge on any atom is 0.113 e. The van der Waals surface area contributed by atoms with Crippen molar-refractivity contribution in [2.75, 3.05) is 9.80 Å². The molecular weight excluding hydrogens is 454 g/mol. The van der Waals surface area contributed by atoms with Gasteiger partial charge in [0, 0.05) is 16.9 Å². The van der Waals surface area contributed by atoms with Crippen LogP contribution in [0.25, 0.3) is 16.9 Å². The lowest BCUT2D eigenvalue weighted by Gasteiger charge is -2.40. The van der Waals surface area contributed by atoms with E-state index in [4.69, 9.17) is 0 Å². The Morgan fingerprint density at radius 1 is 0.432 bits per heavy atom. The van der Waals surface area contributed by atoms with E-state index >= 15 is 0 Å². The Labute approximate surface area is 215 Å². The van der Waals surface area contributed by atoms with Crippen LogP contribution in [-0.2, 0) is 0 Å². The third-order valence-electron chi connectivity index (χ3n) is 6.66.